The van der Waals surface area contributed by atoms with Crippen molar-refractivity contribution in [2.75, 3.05) is 0 Å². The number of hydrogen-bond donors (Lipinski definition) is 2. The topological polar surface area (TPSA) is 108 Å². The molecule has 1 aromatic carbocycles. The molecule has 1 aromatic heterocycles. The highest BCUT2D eigenvalue weighted by atomic mass is 35.5. The minimum absolute atomic E-state index is 0.155. The van der Waals surface area contributed by atoms with Crippen molar-refractivity contribution in [3.05, 3.63) is 59.4 Å². The Balaban J connectivity index is 1.98. The Morgan fingerprint density at radius 3 is 2.38 bits per heavy atom. The molecule has 8 nitrogen and oxygen atoms in total. The number of carbonyl (C=O) groups excluding carboxylic acids is 2. The number of carbonyl (C=O) groups is 2. The van der Waals surface area contributed by atoms with E-state index in [4.69, 9.17) is 11.6 Å². The molecule has 154 valence electrons. The van der Waals surface area contributed by atoms with E-state index in [0.29, 0.717) is 0 Å². The van der Waals surface area contributed by atoms with E-state index in [1.54, 1.807) is 0 Å². The highest BCUT2D eigenvalue weighted by Gasteiger charge is 2.69. The summed E-state index contributed by atoms with van der Waals surface area (Å²) in [6.07, 6.45) is -2.81. The molecule has 2 heterocycles. The Labute approximate surface area is 167 Å². The van der Waals surface area contributed by atoms with Crippen LogP contribution in [0.15, 0.2) is 53.7 Å². The van der Waals surface area contributed by atoms with Crippen molar-refractivity contribution in [3.63, 3.8) is 0 Å². The molecule has 1 saturated heterocycles. The van der Waals surface area contributed by atoms with Gasteiger partial charge in [-0.1, -0.05) is 17.7 Å². The van der Waals surface area contributed by atoms with Crippen LogP contribution in [0.5, 0.6) is 0 Å². The van der Waals surface area contributed by atoms with E-state index in [-0.39, 0.29) is 15.5 Å². The van der Waals surface area contributed by atoms with Crippen molar-refractivity contribution in [1.29, 1.82) is 0 Å². The number of imide groups is 1. The molecule has 29 heavy (non-hydrogen) atoms. The Hall–Kier alpha value is -2.70. The molecule has 0 saturated carbocycles. The van der Waals surface area contributed by atoms with Crippen LogP contribution in [0, 0.1) is 0 Å². The SMILES string of the molecule is O=C1N[C@@](NS(=O)(=O)c2ccc(Cl)cc2)(C(F)(F)F)C(=O)N1Cc1cccnc1. The zero-order valence-electron chi connectivity index (χ0n) is 14.3. The van der Waals surface area contributed by atoms with Crippen LogP contribution in [0.2, 0.25) is 5.02 Å². The molecule has 2 aromatic rings. The van der Waals surface area contributed by atoms with E-state index < -0.39 is 45.2 Å². The van der Waals surface area contributed by atoms with Crippen LogP contribution < -0.4 is 10.0 Å². The molecule has 1 aliphatic heterocycles. The molecule has 3 amide bonds. The van der Waals surface area contributed by atoms with Gasteiger partial charge in [-0.15, -0.1) is 0 Å². The molecular weight excluding hydrogens is 437 g/mol. The minimum Gasteiger partial charge on any atom is -0.303 e. The lowest BCUT2D eigenvalue weighted by Gasteiger charge is -2.29. The number of alkyl halides is 3. The van der Waals surface area contributed by atoms with Gasteiger partial charge in [0.25, 0.3) is 11.6 Å². The van der Waals surface area contributed by atoms with Gasteiger partial charge in [-0.3, -0.25) is 14.7 Å². The van der Waals surface area contributed by atoms with Gasteiger partial charge in [-0.25, -0.2) is 13.2 Å². The average Bonchev–Trinajstić information content (AvgIpc) is 2.87. The Bertz CT molecular complexity index is 1050. The first-order valence-corrected chi connectivity index (χ1v) is 9.72. The number of amides is 3. The van der Waals surface area contributed by atoms with Gasteiger partial charge in [-0.2, -0.15) is 17.9 Å². The summed E-state index contributed by atoms with van der Waals surface area (Å²) in [6.45, 7) is -0.529. The predicted octanol–water partition coefficient (Wildman–Crippen LogP) is 2.02. The largest absolute Gasteiger partial charge is 0.435 e. The molecule has 0 aliphatic carbocycles. The number of pyridine rings is 1. The van der Waals surface area contributed by atoms with E-state index in [9.17, 15) is 31.2 Å². The first kappa shape index (κ1) is 21.0. The maximum atomic E-state index is 13.8. The molecule has 3 rings (SSSR count). The maximum absolute atomic E-state index is 13.8. The fourth-order valence-electron chi connectivity index (χ4n) is 2.59. The van der Waals surface area contributed by atoms with Crippen molar-refractivity contribution in [2.45, 2.75) is 23.3 Å². The standard InChI is InChI=1S/C16H12ClF3N4O4S/c17-11-3-5-12(6-4-11)29(27,28)23-15(16(18,19)20)13(25)24(14(26)22-15)9-10-2-1-7-21-8-10/h1-8,23H,9H2,(H,22,26)/t15-/m0/s1. The molecule has 1 atom stereocenters. The normalized spacial score (nSPS) is 20.1. The summed E-state index contributed by atoms with van der Waals surface area (Å²) in [7, 11) is -4.86. The van der Waals surface area contributed by atoms with Gasteiger partial charge in [0.05, 0.1) is 11.4 Å². The number of halogens is 4. The third-order valence-corrected chi connectivity index (χ3v) is 5.73. The van der Waals surface area contributed by atoms with Gasteiger partial charge in [0.1, 0.15) is 0 Å². The number of nitrogens with zero attached hydrogens (tertiary/aromatic N) is 2. The number of nitrogens with one attached hydrogen (secondary N) is 2. The minimum atomic E-state index is -5.47. The van der Waals surface area contributed by atoms with Crippen molar-refractivity contribution < 1.29 is 31.2 Å². The first-order valence-electron chi connectivity index (χ1n) is 7.85. The number of hydrogen-bond acceptors (Lipinski definition) is 5. The second kappa shape index (κ2) is 7.28. The number of rotatable bonds is 5. The van der Waals surface area contributed by atoms with E-state index in [1.165, 1.54) is 34.6 Å². The van der Waals surface area contributed by atoms with Gasteiger partial charge in [0.15, 0.2) is 0 Å². The maximum Gasteiger partial charge on any atom is 0.435 e. The van der Waals surface area contributed by atoms with Crippen LogP contribution >= 0.6 is 11.6 Å². The zero-order valence-corrected chi connectivity index (χ0v) is 15.8. The summed E-state index contributed by atoms with van der Waals surface area (Å²) in [5, 5.41) is 1.60. The average molecular weight is 449 g/mol. The predicted molar refractivity (Wildman–Crippen MR) is 93.9 cm³/mol. The highest BCUT2D eigenvalue weighted by Crippen LogP contribution is 2.35. The number of aromatic nitrogens is 1. The summed E-state index contributed by atoms with van der Waals surface area (Å²) in [5.74, 6) is -1.81. The lowest BCUT2D eigenvalue weighted by atomic mass is 10.1. The number of benzene rings is 1. The fourth-order valence-corrected chi connectivity index (χ4v) is 3.98. The molecule has 1 fully saturated rings. The second-order valence-electron chi connectivity index (χ2n) is 5.99. The zero-order chi connectivity index (χ0) is 21.4. The van der Waals surface area contributed by atoms with Crippen molar-refractivity contribution in [2.24, 2.45) is 0 Å². The Kier molecular flexibility index (Phi) is 5.28. The van der Waals surface area contributed by atoms with E-state index in [1.807, 2.05) is 0 Å². The molecule has 13 heteroatoms. The van der Waals surface area contributed by atoms with Crippen molar-refractivity contribution in [3.8, 4) is 0 Å². The van der Waals surface area contributed by atoms with Gasteiger partial charge in [0.2, 0.25) is 10.0 Å². The molecule has 0 radical (unpaired) electrons. The molecule has 0 bridgehead atoms. The van der Waals surface area contributed by atoms with E-state index >= 15 is 0 Å². The summed E-state index contributed by atoms with van der Waals surface area (Å²) in [5.41, 5.74) is -3.58. The monoisotopic (exact) mass is 448 g/mol. The van der Waals surface area contributed by atoms with Crippen LogP contribution in [-0.2, 0) is 21.4 Å². The fraction of sp³-hybridized carbons (Fsp3) is 0.188. The quantitative estimate of drug-likeness (QED) is 0.680. The first-order chi connectivity index (χ1) is 13.5. The highest BCUT2D eigenvalue weighted by molar-refractivity contribution is 7.89. The molecular formula is C16H12ClF3N4O4S. The van der Waals surface area contributed by atoms with Crippen molar-refractivity contribution in [1.82, 2.24) is 19.9 Å². The lowest BCUT2D eigenvalue weighted by molar-refractivity contribution is -0.198. The number of sulfonamides is 1. The van der Waals surface area contributed by atoms with Crippen LogP contribution in [0.25, 0.3) is 0 Å². The van der Waals surface area contributed by atoms with Gasteiger partial charge >= 0.3 is 12.2 Å². The molecule has 1 aliphatic rings. The van der Waals surface area contributed by atoms with Gasteiger partial charge < -0.3 is 5.32 Å². The number of urea groups is 1. The summed E-state index contributed by atoms with van der Waals surface area (Å²) in [6, 6.07) is 5.73. The van der Waals surface area contributed by atoms with Gasteiger partial charge in [-0.05, 0) is 35.9 Å². The van der Waals surface area contributed by atoms with Crippen molar-refractivity contribution >= 4 is 33.6 Å². The third-order valence-electron chi connectivity index (χ3n) is 4.01. The Morgan fingerprint density at radius 2 is 1.83 bits per heavy atom. The van der Waals surface area contributed by atoms with E-state index in [0.717, 1.165) is 24.3 Å². The molecule has 0 unspecified atom stereocenters. The van der Waals surface area contributed by atoms with Gasteiger partial charge in [0, 0.05) is 17.4 Å². The Morgan fingerprint density at radius 1 is 1.17 bits per heavy atom. The van der Waals surface area contributed by atoms with Crippen LogP contribution in [0.4, 0.5) is 18.0 Å². The summed E-state index contributed by atoms with van der Waals surface area (Å²) < 4.78 is 67.8. The van der Waals surface area contributed by atoms with Crippen LogP contribution in [-0.4, -0.2) is 42.1 Å². The smallest absolute Gasteiger partial charge is 0.303 e. The lowest BCUT2D eigenvalue weighted by Crippen LogP contribution is -2.69. The summed E-state index contributed by atoms with van der Waals surface area (Å²) >= 11 is 5.65. The summed E-state index contributed by atoms with van der Waals surface area (Å²) in [4.78, 5) is 28.2. The second-order valence-corrected chi connectivity index (χ2v) is 8.11. The third kappa shape index (κ3) is 3.91. The molecule has 0 spiro atoms. The van der Waals surface area contributed by atoms with E-state index in [2.05, 4.69) is 4.98 Å². The van der Waals surface area contributed by atoms with Crippen LogP contribution in [0.3, 0.4) is 0 Å². The van der Waals surface area contributed by atoms with Crippen LogP contribution in [0.1, 0.15) is 5.56 Å². The molecule has 2 N–H and O–H groups in total.